The molecule has 0 heterocycles. The van der Waals surface area contributed by atoms with Crippen molar-refractivity contribution < 1.29 is 5.11 Å². The van der Waals surface area contributed by atoms with Crippen LogP contribution in [0.4, 0.5) is 0 Å². The Labute approximate surface area is 129 Å². The average molecular weight is 287 g/mol. The second-order valence-electron chi connectivity index (χ2n) is 7.30. The van der Waals surface area contributed by atoms with Crippen LogP contribution in [-0.2, 0) is 6.42 Å². The number of hydrogen-bond donors (Lipinski definition) is 2. The topological polar surface area (TPSA) is 32.3 Å². The molecule has 1 aromatic carbocycles. The summed E-state index contributed by atoms with van der Waals surface area (Å²) in [5.74, 6) is 0.659. The van der Waals surface area contributed by atoms with E-state index in [1.54, 1.807) is 0 Å². The van der Waals surface area contributed by atoms with Gasteiger partial charge in [-0.25, -0.2) is 0 Å². The zero-order valence-corrected chi connectivity index (χ0v) is 13.3. The fourth-order valence-corrected chi connectivity index (χ4v) is 4.24. The van der Waals surface area contributed by atoms with Crippen molar-refractivity contribution in [2.24, 2.45) is 5.92 Å². The van der Waals surface area contributed by atoms with Crippen molar-refractivity contribution in [2.45, 2.75) is 69.9 Å². The van der Waals surface area contributed by atoms with Crippen LogP contribution in [-0.4, -0.2) is 17.3 Å². The molecule has 0 aliphatic heterocycles. The second-order valence-corrected chi connectivity index (χ2v) is 7.30. The summed E-state index contributed by atoms with van der Waals surface area (Å²) in [7, 11) is 0. The van der Waals surface area contributed by atoms with E-state index in [9.17, 15) is 5.11 Å². The third-order valence-corrected chi connectivity index (χ3v) is 5.36. The van der Waals surface area contributed by atoms with Gasteiger partial charge in [0.25, 0.3) is 0 Å². The lowest BCUT2D eigenvalue weighted by Crippen LogP contribution is -2.45. The Bertz CT molecular complexity index is 472. The van der Waals surface area contributed by atoms with Gasteiger partial charge in [-0.2, -0.15) is 0 Å². The van der Waals surface area contributed by atoms with Gasteiger partial charge < -0.3 is 10.4 Å². The standard InChI is InChI=1S/C19H29NO/c1-15-7-6-12-19(21,13-15)14-20-18-11-5-3-9-16-8-2-4-10-17(16)18/h2,4,8,10,15,18,20-21H,3,5-7,9,11-14H2,1H3. The van der Waals surface area contributed by atoms with Gasteiger partial charge in [-0.05, 0) is 49.1 Å². The zero-order chi connectivity index (χ0) is 14.7. The molecular formula is C19H29NO. The van der Waals surface area contributed by atoms with Crippen LogP contribution in [0.3, 0.4) is 0 Å². The van der Waals surface area contributed by atoms with E-state index in [-0.39, 0.29) is 0 Å². The molecule has 3 atom stereocenters. The number of nitrogens with one attached hydrogen (secondary N) is 1. The minimum absolute atomic E-state index is 0.421. The predicted octanol–water partition coefficient (Wildman–Crippen LogP) is 3.98. The molecule has 2 aliphatic rings. The summed E-state index contributed by atoms with van der Waals surface area (Å²) in [5.41, 5.74) is 2.47. The largest absolute Gasteiger partial charge is 0.389 e. The van der Waals surface area contributed by atoms with Crippen LogP contribution in [0.25, 0.3) is 0 Å². The molecule has 1 fully saturated rings. The van der Waals surface area contributed by atoms with E-state index < -0.39 is 5.60 Å². The molecule has 0 amide bonds. The van der Waals surface area contributed by atoms with Crippen LogP contribution in [0.2, 0.25) is 0 Å². The third kappa shape index (κ3) is 3.67. The van der Waals surface area contributed by atoms with E-state index >= 15 is 0 Å². The van der Waals surface area contributed by atoms with Gasteiger partial charge in [0.2, 0.25) is 0 Å². The van der Waals surface area contributed by atoms with Crippen LogP contribution in [0.15, 0.2) is 24.3 Å². The molecule has 2 aliphatic carbocycles. The van der Waals surface area contributed by atoms with Crippen molar-refractivity contribution in [1.29, 1.82) is 0 Å². The summed E-state index contributed by atoms with van der Waals surface area (Å²) in [4.78, 5) is 0. The fraction of sp³-hybridized carbons (Fsp3) is 0.684. The molecule has 0 aromatic heterocycles. The molecule has 0 bridgehead atoms. The van der Waals surface area contributed by atoms with Crippen LogP contribution in [0.5, 0.6) is 0 Å². The molecule has 3 rings (SSSR count). The van der Waals surface area contributed by atoms with Crippen molar-refractivity contribution in [3.05, 3.63) is 35.4 Å². The first-order chi connectivity index (χ1) is 10.2. The summed E-state index contributed by atoms with van der Waals surface area (Å²) < 4.78 is 0. The maximum atomic E-state index is 10.8. The van der Waals surface area contributed by atoms with Gasteiger partial charge in [-0.1, -0.05) is 50.5 Å². The van der Waals surface area contributed by atoms with E-state index in [4.69, 9.17) is 0 Å². The summed E-state index contributed by atoms with van der Waals surface area (Å²) in [6.07, 6.45) is 9.32. The Balaban J connectivity index is 1.67. The van der Waals surface area contributed by atoms with E-state index in [2.05, 4.69) is 36.5 Å². The highest BCUT2D eigenvalue weighted by molar-refractivity contribution is 5.31. The van der Waals surface area contributed by atoms with Gasteiger partial charge >= 0.3 is 0 Å². The van der Waals surface area contributed by atoms with Crippen LogP contribution >= 0.6 is 0 Å². The van der Waals surface area contributed by atoms with Crippen molar-refractivity contribution in [3.8, 4) is 0 Å². The van der Waals surface area contributed by atoms with Gasteiger partial charge in [-0.3, -0.25) is 0 Å². The molecular weight excluding hydrogens is 258 g/mol. The molecule has 1 saturated carbocycles. The average Bonchev–Trinajstić information content (AvgIpc) is 2.67. The number of aliphatic hydroxyl groups is 1. The zero-order valence-electron chi connectivity index (χ0n) is 13.3. The van der Waals surface area contributed by atoms with Crippen LogP contribution in [0, 0.1) is 5.92 Å². The predicted molar refractivity (Wildman–Crippen MR) is 87.3 cm³/mol. The molecule has 0 saturated heterocycles. The van der Waals surface area contributed by atoms with Gasteiger partial charge in [0.1, 0.15) is 0 Å². The van der Waals surface area contributed by atoms with E-state index in [1.165, 1.54) is 49.7 Å². The van der Waals surface area contributed by atoms with Crippen molar-refractivity contribution in [1.82, 2.24) is 5.32 Å². The van der Waals surface area contributed by atoms with Crippen molar-refractivity contribution >= 4 is 0 Å². The number of aryl methyl sites for hydroxylation is 1. The Morgan fingerprint density at radius 2 is 2.05 bits per heavy atom. The number of rotatable bonds is 3. The summed E-state index contributed by atoms with van der Waals surface area (Å²) >= 11 is 0. The fourth-order valence-electron chi connectivity index (χ4n) is 4.24. The molecule has 3 unspecified atom stereocenters. The van der Waals surface area contributed by atoms with E-state index in [0.29, 0.717) is 12.0 Å². The molecule has 116 valence electrons. The van der Waals surface area contributed by atoms with Crippen LogP contribution < -0.4 is 5.32 Å². The number of fused-ring (bicyclic) bond motifs is 1. The molecule has 0 spiro atoms. The first-order valence-electron chi connectivity index (χ1n) is 8.70. The minimum Gasteiger partial charge on any atom is -0.389 e. The second kappa shape index (κ2) is 6.50. The van der Waals surface area contributed by atoms with Crippen LogP contribution in [0.1, 0.15) is 69.0 Å². The lowest BCUT2D eigenvalue weighted by molar-refractivity contribution is -0.0140. The highest BCUT2D eigenvalue weighted by Gasteiger charge is 2.33. The SMILES string of the molecule is CC1CCCC(O)(CNC2CCCCc3ccccc32)C1. The molecule has 1 aromatic rings. The molecule has 21 heavy (non-hydrogen) atoms. The maximum absolute atomic E-state index is 10.8. The highest BCUT2D eigenvalue weighted by atomic mass is 16.3. The Morgan fingerprint density at radius 1 is 1.19 bits per heavy atom. The monoisotopic (exact) mass is 287 g/mol. The molecule has 0 radical (unpaired) electrons. The Morgan fingerprint density at radius 3 is 2.90 bits per heavy atom. The lowest BCUT2D eigenvalue weighted by Gasteiger charge is -2.37. The Hall–Kier alpha value is -0.860. The molecule has 2 nitrogen and oxygen atoms in total. The molecule has 2 N–H and O–H groups in total. The minimum atomic E-state index is -0.487. The third-order valence-electron chi connectivity index (χ3n) is 5.36. The number of hydrogen-bond acceptors (Lipinski definition) is 2. The van der Waals surface area contributed by atoms with E-state index in [1.807, 2.05) is 0 Å². The van der Waals surface area contributed by atoms with Gasteiger partial charge in [0.05, 0.1) is 5.60 Å². The Kier molecular flexibility index (Phi) is 4.66. The number of benzene rings is 1. The summed E-state index contributed by atoms with van der Waals surface area (Å²) in [5, 5.41) is 14.5. The molecule has 2 heteroatoms. The lowest BCUT2D eigenvalue weighted by atomic mass is 9.78. The van der Waals surface area contributed by atoms with Gasteiger partial charge in [-0.15, -0.1) is 0 Å². The normalized spacial score (nSPS) is 33.2. The maximum Gasteiger partial charge on any atom is 0.0774 e. The van der Waals surface area contributed by atoms with Gasteiger partial charge in [0.15, 0.2) is 0 Å². The van der Waals surface area contributed by atoms with E-state index in [0.717, 1.165) is 19.4 Å². The summed E-state index contributed by atoms with van der Waals surface area (Å²) in [6.45, 7) is 3.02. The first-order valence-corrected chi connectivity index (χ1v) is 8.70. The smallest absolute Gasteiger partial charge is 0.0774 e. The highest BCUT2D eigenvalue weighted by Crippen LogP contribution is 2.33. The first kappa shape index (κ1) is 15.1. The quantitative estimate of drug-likeness (QED) is 0.824. The van der Waals surface area contributed by atoms with Crippen molar-refractivity contribution in [2.75, 3.05) is 6.54 Å². The van der Waals surface area contributed by atoms with Gasteiger partial charge in [0, 0.05) is 12.6 Å². The summed E-state index contributed by atoms with van der Waals surface area (Å²) in [6, 6.07) is 9.26. The van der Waals surface area contributed by atoms with Crippen molar-refractivity contribution in [3.63, 3.8) is 0 Å².